The van der Waals surface area contributed by atoms with Crippen molar-refractivity contribution in [2.75, 3.05) is 14.2 Å². The van der Waals surface area contributed by atoms with Crippen LogP contribution in [0.25, 0.3) is 0 Å². The molecule has 1 N–H and O–H groups in total. The Hall–Kier alpha value is -3.03. The first kappa shape index (κ1) is 22.7. The predicted molar refractivity (Wildman–Crippen MR) is 125 cm³/mol. The molecular weight excluding hydrogens is 484 g/mol. The Kier molecular flexibility index (Phi) is 7.92. The molecule has 31 heavy (non-hydrogen) atoms. The quantitative estimate of drug-likeness (QED) is 0.327. The van der Waals surface area contributed by atoms with E-state index in [1.807, 2.05) is 42.5 Å². The van der Waals surface area contributed by atoms with Gasteiger partial charge in [0.2, 0.25) is 0 Å². The Labute approximate surface area is 193 Å². The predicted octanol–water partition coefficient (Wildman–Crippen LogP) is 5.46. The van der Waals surface area contributed by atoms with Gasteiger partial charge >= 0.3 is 0 Å². The van der Waals surface area contributed by atoms with Crippen LogP contribution in [0.15, 0.2) is 70.2 Å². The van der Waals surface area contributed by atoms with Crippen LogP contribution in [-0.2, 0) is 6.61 Å². The fourth-order valence-electron chi connectivity index (χ4n) is 2.70. The van der Waals surface area contributed by atoms with E-state index in [0.717, 1.165) is 10.0 Å². The second kappa shape index (κ2) is 10.8. The number of rotatable bonds is 8. The van der Waals surface area contributed by atoms with Crippen LogP contribution >= 0.6 is 27.5 Å². The van der Waals surface area contributed by atoms with Crippen LogP contribution in [0.5, 0.6) is 17.2 Å². The maximum atomic E-state index is 12.4. The van der Waals surface area contributed by atoms with Crippen LogP contribution in [0.1, 0.15) is 21.5 Å². The Morgan fingerprint density at radius 2 is 1.71 bits per heavy atom. The summed E-state index contributed by atoms with van der Waals surface area (Å²) in [4.78, 5) is 12.4. The monoisotopic (exact) mass is 502 g/mol. The molecule has 0 unspecified atom stereocenters. The molecule has 6 nitrogen and oxygen atoms in total. The lowest BCUT2D eigenvalue weighted by Crippen LogP contribution is -2.17. The zero-order valence-corrected chi connectivity index (χ0v) is 19.2. The molecule has 0 saturated carbocycles. The van der Waals surface area contributed by atoms with E-state index in [9.17, 15) is 4.79 Å². The maximum Gasteiger partial charge on any atom is 0.271 e. The van der Waals surface area contributed by atoms with Crippen LogP contribution in [-0.4, -0.2) is 26.3 Å². The van der Waals surface area contributed by atoms with Gasteiger partial charge in [-0.2, -0.15) is 5.10 Å². The first-order valence-corrected chi connectivity index (χ1v) is 10.4. The van der Waals surface area contributed by atoms with Crippen molar-refractivity contribution in [1.29, 1.82) is 0 Å². The van der Waals surface area contributed by atoms with E-state index < -0.39 is 0 Å². The van der Waals surface area contributed by atoms with Crippen LogP contribution < -0.4 is 19.6 Å². The number of amides is 1. The summed E-state index contributed by atoms with van der Waals surface area (Å²) in [6.07, 6.45) is 1.53. The summed E-state index contributed by atoms with van der Waals surface area (Å²) in [5.41, 5.74) is 4.59. The van der Waals surface area contributed by atoms with Gasteiger partial charge in [0.1, 0.15) is 12.4 Å². The first-order valence-electron chi connectivity index (χ1n) is 9.22. The van der Waals surface area contributed by atoms with Gasteiger partial charge in [-0.15, -0.1) is 0 Å². The van der Waals surface area contributed by atoms with Gasteiger partial charge < -0.3 is 14.2 Å². The molecule has 0 aliphatic rings. The number of carbonyl (C=O) groups excluding carboxylic acids is 1. The number of nitrogens with one attached hydrogen (secondary N) is 1. The molecule has 0 saturated heterocycles. The molecule has 3 aromatic carbocycles. The van der Waals surface area contributed by atoms with Gasteiger partial charge in [-0.1, -0.05) is 39.7 Å². The molecule has 0 heterocycles. The molecule has 0 aliphatic heterocycles. The highest BCUT2D eigenvalue weighted by Crippen LogP contribution is 2.27. The van der Waals surface area contributed by atoms with E-state index in [2.05, 4.69) is 26.5 Å². The zero-order chi connectivity index (χ0) is 22.2. The minimum absolute atomic E-state index is 0.373. The molecule has 0 atom stereocenters. The fraction of sp³-hybridized carbons (Fsp3) is 0.130. The van der Waals surface area contributed by atoms with Gasteiger partial charge in [-0.25, -0.2) is 5.43 Å². The second-order valence-electron chi connectivity index (χ2n) is 6.37. The Balaban J connectivity index is 1.69. The third-order valence-corrected chi connectivity index (χ3v) is 5.04. The van der Waals surface area contributed by atoms with Gasteiger partial charge in [0.05, 0.1) is 20.4 Å². The van der Waals surface area contributed by atoms with Gasteiger partial charge in [-0.05, 0) is 54.1 Å². The molecule has 8 heteroatoms. The number of halogens is 2. The number of methoxy groups -OCH3 is 2. The van der Waals surface area contributed by atoms with Gasteiger partial charge in [0, 0.05) is 20.6 Å². The number of hydrogen-bond acceptors (Lipinski definition) is 5. The first-order chi connectivity index (χ1) is 15.0. The highest BCUT2D eigenvalue weighted by atomic mass is 79.9. The van der Waals surface area contributed by atoms with E-state index in [4.69, 9.17) is 25.8 Å². The van der Waals surface area contributed by atoms with Crippen molar-refractivity contribution in [2.24, 2.45) is 5.10 Å². The summed E-state index contributed by atoms with van der Waals surface area (Å²) in [6, 6.07) is 17.9. The summed E-state index contributed by atoms with van der Waals surface area (Å²) in [5.74, 6) is 1.25. The average molecular weight is 504 g/mol. The molecular formula is C23H20BrClN2O4. The number of hydrazone groups is 1. The third kappa shape index (κ3) is 6.23. The lowest BCUT2D eigenvalue weighted by Gasteiger charge is -2.10. The smallest absolute Gasteiger partial charge is 0.271 e. The molecule has 1 amide bonds. The molecule has 0 aliphatic carbocycles. The fourth-order valence-corrected chi connectivity index (χ4v) is 3.20. The average Bonchev–Trinajstić information content (AvgIpc) is 2.79. The standard InChI is InChI=1S/C23H20BrClN2O4/c1-29-21-9-5-16(12-22(21)30-2)23(28)27-26-13-17-11-18(24)6-10-20(17)31-14-15-3-7-19(25)8-4-15/h3-13H,14H2,1-2H3,(H,27,28)/b26-13+. The number of carbonyl (C=O) groups is 1. The highest BCUT2D eigenvalue weighted by molar-refractivity contribution is 9.10. The molecule has 0 spiro atoms. The summed E-state index contributed by atoms with van der Waals surface area (Å²) in [5, 5.41) is 4.74. The summed E-state index contributed by atoms with van der Waals surface area (Å²) in [6.45, 7) is 0.373. The van der Waals surface area contributed by atoms with E-state index in [1.54, 1.807) is 18.2 Å². The van der Waals surface area contributed by atoms with Crippen LogP contribution in [0.4, 0.5) is 0 Å². The Bertz CT molecular complexity index is 1090. The van der Waals surface area contributed by atoms with Crippen molar-refractivity contribution in [3.63, 3.8) is 0 Å². The lowest BCUT2D eigenvalue weighted by atomic mass is 10.2. The summed E-state index contributed by atoms with van der Waals surface area (Å²) >= 11 is 9.36. The minimum Gasteiger partial charge on any atom is -0.493 e. The van der Waals surface area contributed by atoms with E-state index in [-0.39, 0.29) is 5.91 Å². The highest BCUT2D eigenvalue weighted by Gasteiger charge is 2.10. The van der Waals surface area contributed by atoms with Crippen LogP contribution in [0.2, 0.25) is 5.02 Å². The van der Waals surface area contributed by atoms with E-state index in [1.165, 1.54) is 20.4 Å². The van der Waals surface area contributed by atoms with Crippen molar-refractivity contribution in [1.82, 2.24) is 5.43 Å². The minimum atomic E-state index is -0.379. The second-order valence-corrected chi connectivity index (χ2v) is 7.72. The Morgan fingerprint density at radius 3 is 2.42 bits per heavy atom. The van der Waals surface area contributed by atoms with Crippen molar-refractivity contribution in [3.8, 4) is 17.2 Å². The van der Waals surface area contributed by atoms with Crippen molar-refractivity contribution in [3.05, 3.63) is 86.8 Å². The number of benzene rings is 3. The van der Waals surface area contributed by atoms with E-state index in [0.29, 0.717) is 40.0 Å². The molecule has 3 aromatic rings. The molecule has 0 bridgehead atoms. The van der Waals surface area contributed by atoms with Crippen molar-refractivity contribution in [2.45, 2.75) is 6.61 Å². The molecule has 0 radical (unpaired) electrons. The van der Waals surface area contributed by atoms with E-state index >= 15 is 0 Å². The van der Waals surface area contributed by atoms with Gasteiger partial charge in [-0.3, -0.25) is 4.79 Å². The largest absolute Gasteiger partial charge is 0.493 e. The number of hydrogen-bond donors (Lipinski definition) is 1. The zero-order valence-electron chi connectivity index (χ0n) is 16.9. The Morgan fingerprint density at radius 1 is 1.00 bits per heavy atom. The summed E-state index contributed by atoms with van der Waals surface area (Å²) in [7, 11) is 3.04. The topological polar surface area (TPSA) is 69.2 Å². The van der Waals surface area contributed by atoms with Crippen LogP contribution in [0, 0.1) is 0 Å². The molecule has 0 aromatic heterocycles. The van der Waals surface area contributed by atoms with Gasteiger partial charge in [0.15, 0.2) is 11.5 Å². The maximum absolute atomic E-state index is 12.4. The summed E-state index contributed by atoms with van der Waals surface area (Å²) < 4.78 is 17.2. The number of nitrogens with zero attached hydrogens (tertiary/aromatic N) is 1. The normalized spacial score (nSPS) is 10.7. The third-order valence-electron chi connectivity index (χ3n) is 4.29. The van der Waals surface area contributed by atoms with Crippen LogP contribution in [0.3, 0.4) is 0 Å². The van der Waals surface area contributed by atoms with Crippen molar-refractivity contribution < 1.29 is 19.0 Å². The van der Waals surface area contributed by atoms with Crippen molar-refractivity contribution >= 4 is 39.7 Å². The SMILES string of the molecule is COc1ccc(C(=O)N/N=C/c2cc(Br)ccc2OCc2ccc(Cl)cc2)cc1OC. The molecule has 3 rings (SSSR count). The molecule has 0 fully saturated rings. The molecule has 160 valence electrons. The lowest BCUT2D eigenvalue weighted by molar-refractivity contribution is 0.0954. The van der Waals surface area contributed by atoms with Gasteiger partial charge in [0.25, 0.3) is 5.91 Å². The number of ether oxygens (including phenoxy) is 3.